The fourth-order valence-electron chi connectivity index (χ4n) is 2.19. The van der Waals surface area contributed by atoms with E-state index in [1.54, 1.807) is 6.20 Å². The molecule has 3 rings (SSSR count). The number of ether oxygens (including phenoxy) is 1. The number of nitrogens with zero attached hydrogens (tertiary/aromatic N) is 5. The van der Waals surface area contributed by atoms with Crippen molar-refractivity contribution in [1.82, 2.24) is 25.1 Å². The molecule has 0 radical (unpaired) electrons. The van der Waals surface area contributed by atoms with Crippen LogP contribution in [0, 0.1) is 6.92 Å². The van der Waals surface area contributed by atoms with Crippen LogP contribution in [-0.4, -0.2) is 44.8 Å². The van der Waals surface area contributed by atoms with Crippen molar-refractivity contribution in [2.75, 3.05) is 24.6 Å². The summed E-state index contributed by atoms with van der Waals surface area (Å²) in [6.07, 6.45) is 2.48. The topological polar surface area (TPSA) is 79.8 Å². The summed E-state index contributed by atoms with van der Waals surface area (Å²) in [6.45, 7) is 6.08. The van der Waals surface area contributed by atoms with E-state index in [1.807, 2.05) is 19.9 Å². The second-order valence-corrected chi connectivity index (χ2v) is 4.80. The molecule has 0 aromatic carbocycles. The van der Waals surface area contributed by atoms with Crippen LogP contribution in [0.5, 0.6) is 0 Å². The molecule has 1 fully saturated rings. The lowest BCUT2D eigenvalue weighted by atomic mass is 10.2. The Morgan fingerprint density at radius 2 is 2.35 bits per heavy atom. The zero-order chi connectivity index (χ0) is 13.9. The monoisotopic (exact) mass is 274 g/mol. The molecule has 0 bridgehead atoms. The van der Waals surface area contributed by atoms with Crippen molar-refractivity contribution in [3.63, 3.8) is 0 Å². The number of aryl methyl sites for hydroxylation is 2. The van der Waals surface area contributed by atoms with Crippen molar-refractivity contribution < 1.29 is 4.74 Å². The SMILES string of the molecule is CCc1nc(C2CN(c3nccc(C)n3)CCO2)n[nH]1. The minimum Gasteiger partial charge on any atom is -0.366 e. The fraction of sp³-hybridized carbons (Fsp3) is 0.538. The molecular formula is C13H18N6O. The minimum absolute atomic E-state index is 0.135. The average molecular weight is 274 g/mol. The first kappa shape index (κ1) is 13.0. The smallest absolute Gasteiger partial charge is 0.225 e. The third-order valence-electron chi connectivity index (χ3n) is 3.30. The Hall–Kier alpha value is -2.02. The van der Waals surface area contributed by atoms with Crippen LogP contribution in [0.3, 0.4) is 0 Å². The first-order valence-electron chi connectivity index (χ1n) is 6.83. The highest BCUT2D eigenvalue weighted by Crippen LogP contribution is 2.21. The molecule has 20 heavy (non-hydrogen) atoms. The summed E-state index contributed by atoms with van der Waals surface area (Å²) in [7, 11) is 0. The maximum absolute atomic E-state index is 5.76. The van der Waals surface area contributed by atoms with Gasteiger partial charge in [-0.2, -0.15) is 5.10 Å². The van der Waals surface area contributed by atoms with Crippen molar-refractivity contribution in [3.05, 3.63) is 29.6 Å². The molecule has 0 amide bonds. The normalized spacial score (nSPS) is 19.3. The molecule has 0 aliphatic carbocycles. The van der Waals surface area contributed by atoms with E-state index in [-0.39, 0.29) is 6.10 Å². The van der Waals surface area contributed by atoms with E-state index in [0.717, 1.165) is 30.4 Å². The van der Waals surface area contributed by atoms with Gasteiger partial charge in [-0.15, -0.1) is 0 Å². The van der Waals surface area contributed by atoms with Crippen molar-refractivity contribution in [3.8, 4) is 0 Å². The molecule has 1 saturated heterocycles. The molecule has 1 atom stereocenters. The highest BCUT2D eigenvalue weighted by molar-refractivity contribution is 5.31. The minimum atomic E-state index is -0.135. The van der Waals surface area contributed by atoms with Gasteiger partial charge in [-0.1, -0.05) is 6.92 Å². The van der Waals surface area contributed by atoms with Gasteiger partial charge < -0.3 is 9.64 Å². The number of hydrogen-bond acceptors (Lipinski definition) is 6. The van der Waals surface area contributed by atoms with Crippen LogP contribution < -0.4 is 4.90 Å². The molecule has 0 spiro atoms. The van der Waals surface area contributed by atoms with Gasteiger partial charge in [0.05, 0.1) is 13.2 Å². The third-order valence-corrected chi connectivity index (χ3v) is 3.30. The second-order valence-electron chi connectivity index (χ2n) is 4.80. The summed E-state index contributed by atoms with van der Waals surface area (Å²) >= 11 is 0. The largest absolute Gasteiger partial charge is 0.366 e. The molecule has 1 aliphatic heterocycles. The Morgan fingerprint density at radius 3 is 3.10 bits per heavy atom. The molecule has 2 aromatic rings. The van der Waals surface area contributed by atoms with E-state index >= 15 is 0 Å². The Balaban J connectivity index is 1.76. The molecule has 2 aromatic heterocycles. The van der Waals surface area contributed by atoms with Gasteiger partial charge in [-0.25, -0.2) is 15.0 Å². The van der Waals surface area contributed by atoms with Gasteiger partial charge in [0, 0.05) is 24.9 Å². The molecule has 1 N–H and O–H groups in total. The molecule has 0 saturated carbocycles. The van der Waals surface area contributed by atoms with Crippen molar-refractivity contribution in [2.24, 2.45) is 0 Å². The van der Waals surface area contributed by atoms with Crippen LogP contribution in [0.15, 0.2) is 12.3 Å². The van der Waals surface area contributed by atoms with E-state index in [2.05, 4.69) is 30.0 Å². The van der Waals surface area contributed by atoms with Gasteiger partial charge in [0.15, 0.2) is 5.82 Å². The van der Waals surface area contributed by atoms with E-state index in [1.165, 1.54) is 0 Å². The first-order chi connectivity index (χ1) is 9.76. The summed E-state index contributed by atoms with van der Waals surface area (Å²) in [5.74, 6) is 2.33. The van der Waals surface area contributed by atoms with E-state index in [0.29, 0.717) is 19.0 Å². The lowest BCUT2D eigenvalue weighted by Crippen LogP contribution is -2.39. The summed E-state index contributed by atoms with van der Waals surface area (Å²) in [6, 6.07) is 1.89. The number of anilines is 1. The molecular weight excluding hydrogens is 256 g/mol. The maximum atomic E-state index is 5.76. The van der Waals surface area contributed by atoms with Gasteiger partial charge in [0.1, 0.15) is 11.9 Å². The highest BCUT2D eigenvalue weighted by Gasteiger charge is 2.26. The highest BCUT2D eigenvalue weighted by atomic mass is 16.5. The number of nitrogens with one attached hydrogen (secondary N) is 1. The molecule has 106 valence electrons. The molecule has 1 aliphatic rings. The van der Waals surface area contributed by atoms with Crippen molar-refractivity contribution in [1.29, 1.82) is 0 Å². The molecule has 7 nitrogen and oxygen atoms in total. The van der Waals surface area contributed by atoms with Crippen molar-refractivity contribution >= 4 is 5.95 Å². The Kier molecular flexibility index (Phi) is 3.60. The molecule has 1 unspecified atom stereocenters. The molecule has 7 heteroatoms. The van der Waals surface area contributed by atoms with Gasteiger partial charge in [0.25, 0.3) is 0 Å². The van der Waals surface area contributed by atoms with Crippen LogP contribution in [-0.2, 0) is 11.2 Å². The predicted octanol–water partition coefficient (Wildman–Crippen LogP) is 1.04. The fourth-order valence-corrected chi connectivity index (χ4v) is 2.19. The quantitative estimate of drug-likeness (QED) is 0.901. The predicted molar refractivity (Wildman–Crippen MR) is 73.4 cm³/mol. The van der Waals surface area contributed by atoms with Gasteiger partial charge in [0.2, 0.25) is 5.95 Å². The Morgan fingerprint density at radius 1 is 1.45 bits per heavy atom. The third kappa shape index (κ3) is 2.62. The zero-order valence-corrected chi connectivity index (χ0v) is 11.7. The Labute approximate surface area is 117 Å². The number of aromatic amines is 1. The first-order valence-corrected chi connectivity index (χ1v) is 6.83. The van der Waals surface area contributed by atoms with Gasteiger partial charge in [-0.3, -0.25) is 5.10 Å². The average Bonchev–Trinajstić information content (AvgIpc) is 2.96. The van der Waals surface area contributed by atoms with E-state index in [4.69, 9.17) is 4.74 Å². The van der Waals surface area contributed by atoms with Crippen LogP contribution in [0.25, 0.3) is 0 Å². The number of aromatic nitrogens is 5. The van der Waals surface area contributed by atoms with Crippen LogP contribution in [0.2, 0.25) is 0 Å². The van der Waals surface area contributed by atoms with E-state index in [9.17, 15) is 0 Å². The summed E-state index contributed by atoms with van der Waals surface area (Å²) in [5, 5.41) is 7.15. The summed E-state index contributed by atoms with van der Waals surface area (Å²) in [4.78, 5) is 15.3. The number of H-pyrrole nitrogens is 1. The van der Waals surface area contributed by atoms with Crippen LogP contribution in [0.1, 0.15) is 30.4 Å². The zero-order valence-electron chi connectivity index (χ0n) is 11.7. The van der Waals surface area contributed by atoms with Crippen LogP contribution >= 0.6 is 0 Å². The summed E-state index contributed by atoms with van der Waals surface area (Å²) in [5.41, 5.74) is 0.962. The van der Waals surface area contributed by atoms with E-state index < -0.39 is 0 Å². The lowest BCUT2D eigenvalue weighted by molar-refractivity contribution is 0.0336. The second kappa shape index (κ2) is 5.54. The molecule has 3 heterocycles. The summed E-state index contributed by atoms with van der Waals surface area (Å²) < 4.78 is 5.76. The van der Waals surface area contributed by atoms with Crippen LogP contribution in [0.4, 0.5) is 5.95 Å². The maximum Gasteiger partial charge on any atom is 0.225 e. The number of rotatable bonds is 3. The number of hydrogen-bond donors (Lipinski definition) is 1. The van der Waals surface area contributed by atoms with Gasteiger partial charge >= 0.3 is 0 Å². The number of morpholine rings is 1. The lowest BCUT2D eigenvalue weighted by Gasteiger charge is -2.31. The standard InChI is InChI=1S/C13H18N6O/c1-3-11-16-12(18-17-11)10-8-19(6-7-20-10)13-14-5-4-9(2)15-13/h4-5,10H,3,6-8H2,1-2H3,(H,16,17,18). The van der Waals surface area contributed by atoms with Crippen molar-refractivity contribution in [2.45, 2.75) is 26.4 Å². The van der Waals surface area contributed by atoms with Gasteiger partial charge in [-0.05, 0) is 13.0 Å². The Bertz CT molecular complexity index is 584.